The maximum Gasteiger partial charge on any atom is 0.176 e. The molecule has 0 fully saturated rings. The summed E-state index contributed by atoms with van der Waals surface area (Å²) in [6.45, 7) is 2.78. The zero-order valence-corrected chi connectivity index (χ0v) is 15.8. The molecule has 0 spiro atoms. The lowest BCUT2D eigenvalue weighted by Crippen LogP contribution is -2.19. The first-order valence-electron chi connectivity index (χ1n) is 7.62. The Morgan fingerprint density at radius 1 is 1.12 bits per heavy atom. The molecular weight excluding hydrogens is 375 g/mol. The zero-order chi connectivity index (χ0) is 17.8. The third-order valence-corrected chi connectivity index (χ3v) is 4.24. The van der Waals surface area contributed by atoms with Gasteiger partial charge >= 0.3 is 0 Å². The Kier molecular flexibility index (Phi) is 5.58. The molecule has 7 heteroatoms. The van der Waals surface area contributed by atoms with Crippen LogP contribution < -0.4 is 10.6 Å². The van der Waals surface area contributed by atoms with Gasteiger partial charge in [-0.2, -0.15) is 5.10 Å². The summed E-state index contributed by atoms with van der Waals surface area (Å²) in [6.07, 6.45) is 1.91. The van der Waals surface area contributed by atoms with E-state index in [2.05, 4.69) is 40.9 Å². The molecule has 2 N–H and O–H groups in total. The van der Waals surface area contributed by atoms with E-state index in [-0.39, 0.29) is 0 Å². The van der Waals surface area contributed by atoms with Crippen molar-refractivity contribution in [3.05, 3.63) is 75.9 Å². The first-order chi connectivity index (χ1) is 12.0. The van der Waals surface area contributed by atoms with E-state index in [0.717, 1.165) is 0 Å². The van der Waals surface area contributed by atoms with E-state index in [1.165, 1.54) is 11.1 Å². The van der Waals surface area contributed by atoms with Crippen molar-refractivity contribution in [3.8, 4) is 0 Å². The van der Waals surface area contributed by atoms with Gasteiger partial charge in [-0.1, -0.05) is 53.0 Å². The van der Waals surface area contributed by atoms with Crippen LogP contribution in [0, 0.1) is 6.92 Å². The molecule has 0 amide bonds. The van der Waals surface area contributed by atoms with Crippen molar-refractivity contribution < 1.29 is 0 Å². The molecule has 0 aliphatic carbocycles. The van der Waals surface area contributed by atoms with Gasteiger partial charge < -0.3 is 10.6 Å². The van der Waals surface area contributed by atoms with Crippen LogP contribution in [0.1, 0.15) is 11.1 Å². The second kappa shape index (κ2) is 7.87. The van der Waals surface area contributed by atoms with Crippen LogP contribution in [-0.4, -0.2) is 14.9 Å². The van der Waals surface area contributed by atoms with E-state index < -0.39 is 0 Å². The minimum absolute atomic E-state index is 0.407. The number of aromatic nitrogens is 2. The minimum Gasteiger partial charge on any atom is -0.331 e. The molecule has 0 bridgehead atoms. The van der Waals surface area contributed by atoms with Crippen LogP contribution in [0.25, 0.3) is 0 Å². The molecule has 2 aromatic carbocycles. The van der Waals surface area contributed by atoms with Gasteiger partial charge in [-0.05, 0) is 42.9 Å². The number of nitrogens with zero attached hydrogens (tertiary/aromatic N) is 2. The summed E-state index contributed by atoms with van der Waals surface area (Å²) in [4.78, 5) is 0. The van der Waals surface area contributed by atoms with Crippen molar-refractivity contribution in [1.82, 2.24) is 9.78 Å². The fraction of sp³-hybridized carbons (Fsp3) is 0.111. The summed E-state index contributed by atoms with van der Waals surface area (Å²) >= 11 is 17.3. The molecule has 0 unspecified atom stereocenters. The molecule has 3 aromatic rings. The van der Waals surface area contributed by atoms with Crippen LogP contribution in [-0.2, 0) is 6.54 Å². The number of hydrogen-bond donors (Lipinski definition) is 2. The van der Waals surface area contributed by atoms with Gasteiger partial charge in [0.1, 0.15) is 0 Å². The summed E-state index contributed by atoms with van der Waals surface area (Å²) in [5, 5.41) is 12.0. The highest BCUT2D eigenvalue weighted by Crippen LogP contribution is 2.25. The number of halogens is 2. The number of benzene rings is 2. The van der Waals surface area contributed by atoms with Gasteiger partial charge in [-0.15, -0.1) is 0 Å². The summed E-state index contributed by atoms with van der Waals surface area (Å²) < 4.78 is 1.86. The van der Waals surface area contributed by atoms with E-state index in [9.17, 15) is 0 Å². The molecule has 0 saturated carbocycles. The molecule has 0 aliphatic heterocycles. The van der Waals surface area contributed by atoms with Crippen molar-refractivity contribution in [3.63, 3.8) is 0 Å². The molecule has 3 rings (SSSR count). The largest absolute Gasteiger partial charge is 0.331 e. The summed E-state index contributed by atoms with van der Waals surface area (Å²) in [5.74, 6) is 0.662. The van der Waals surface area contributed by atoms with E-state index in [1.54, 1.807) is 18.2 Å². The highest BCUT2D eigenvalue weighted by atomic mass is 35.5. The minimum atomic E-state index is 0.407. The number of rotatable bonds is 4. The van der Waals surface area contributed by atoms with Crippen molar-refractivity contribution in [2.24, 2.45) is 0 Å². The van der Waals surface area contributed by atoms with Gasteiger partial charge in [-0.3, -0.25) is 4.68 Å². The van der Waals surface area contributed by atoms with Gasteiger partial charge in [0.15, 0.2) is 10.9 Å². The van der Waals surface area contributed by atoms with Crippen LogP contribution in [0.2, 0.25) is 10.0 Å². The summed E-state index contributed by atoms with van der Waals surface area (Å²) in [7, 11) is 0. The predicted molar refractivity (Wildman–Crippen MR) is 109 cm³/mol. The maximum absolute atomic E-state index is 6.13. The maximum atomic E-state index is 6.13. The van der Waals surface area contributed by atoms with Crippen molar-refractivity contribution in [1.29, 1.82) is 0 Å². The number of aryl methyl sites for hydroxylation is 1. The van der Waals surface area contributed by atoms with Crippen molar-refractivity contribution in [2.75, 3.05) is 10.6 Å². The molecule has 4 nitrogen and oxygen atoms in total. The summed E-state index contributed by atoms with van der Waals surface area (Å²) in [6, 6.07) is 15.4. The Balaban J connectivity index is 1.61. The molecule has 0 radical (unpaired) electrons. The van der Waals surface area contributed by atoms with E-state index in [4.69, 9.17) is 35.4 Å². The highest BCUT2D eigenvalue weighted by Gasteiger charge is 2.06. The first-order valence-corrected chi connectivity index (χ1v) is 8.78. The Bertz CT molecular complexity index is 908. The van der Waals surface area contributed by atoms with Crippen molar-refractivity contribution >= 4 is 52.0 Å². The molecule has 0 atom stereocenters. The molecule has 1 aromatic heterocycles. The van der Waals surface area contributed by atoms with Crippen LogP contribution >= 0.6 is 35.4 Å². The first kappa shape index (κ1) is 17.7. The lowest BCUT2D eigenvalue weighted by Gasteiger charge is -2.10. The average molecular weight is 391 g/mol. The SMILES string of the molecule is Cc1cccc(Cn2ccc(NC(=S)Nc3ccc(Cl)cc3Cl)n2)c1. The van der Waals surface area contributed by atoms with Crippen LogP contribution in [0.5, 0.6) is 0 Å². The topological polar surface area (TPSA) is 41.9 Å². The van der Waals surface area contributed by atoms with Gasteiger partial charge in [-0.25, -0.2) is 0 Å². The predicted octanol–water partition coefficient (Wildman–Crippen LogP) is 5.36. The van der Waals surface area contributed by atoms with Crippen LogP contribution in [0.3, 0.4) is 0 Å². The zero-order valence-electron chi connectivity index (χ0n) is 13.5. The Morgan fingerprint density at radius 2 is 1.96 bits per heavy atom. The molecule has 128 valence electrons. The Morgan fingerprint density at radius 3 is 2.72 bits per heavy atom. The standard InChI is InChI=1S/C18H16Cl2N4S/c1-12-3-2-4-13(9-12)11-24-8-7-17(23-24)22-18(25)21-16-6-5-14(19)10-15(16)20/h2-10H,11H2,1H3,(H2,21,22,23,25). The molecular formula is C18H16Cl2N4S. The van der Waals surface area contributed by atoms with E-state index in [0.29, 0.717) is 33.2 Å². The quantitative estimate of drug-likeness (QED) is 0.588. The second-order valence-corrected chi connectivity index (χ2v) is 6.84. The molecule has 0 aliphatic rings. The van der Waals surface area contributed by atoms with Gasteiger partial charge in [0.25, 0.3) is 0 Å². The number of thiocarbonyl (C=S) groups is 1. The lowest BCUT2D eigenvalue weighted by molar-refractivity contribution is 0.689. The fourth-order valence-electron chi connectivity index (χ4n) is 2.37. The van der Waals surface area contributed by atoms with Crippen LogP contribution in [0.4, 0.5) is 11.5 Å². The third kappa shape index (κ3) is 4.95. The van der Waals surface area contributed by atoms with Crippen molar-refractivity contribution in [2.45, 2.75) is 13.5 Å². The van der Waals surface area contributed by atoms with Gasteiger partial charge in [0.2, 0.25) is 0 Å². The second-order valence-electron chi connectivity index (χ2n) is 5.59. The Hall–Kier alpha value is -2.08. The molecule has 0 saturated heterocycles. The van der Waals surface area contributed by atoms with E-state index >= 15 is 0 Å². The van der Waals surface area contributed by atoms with E-state index in [1.807, 2.05) is 23.0 Å². The highest BCUT2D eigenvalue weighted by molar-refractivity contribution is 7.80. The molecule has 25 heavy (non-hydrogen) atoms. The smallest absolute Gasteiger partial charge is 0.176 e. The normalized spacial score (nSPS) is 10.5. The number of nitrogens with one attached hydrogen (secondary N) is 2. The lowest BCUT2D eigenvalue weighted by atomic mass is 10.1. The number of anilines is 2. The third-order valence-electron chi connectivity index (χ3n) is 3.49. The molecule has 1 heterocycles. The average Bonchev–Trinajstić information content (AvgIpc) is 2.97. The summed E-state index contributed by atoms with van der Waals surface area (Å²) in [5.41, 5.74) is 3.11. The monoisotopic (exact) mass is 390 g/mol. The fourth-order valence-corrected chi connectivity index (χ4v) is 3.04. The van der Waals surface area contributed by atoms with Gasteiger partial charge in [0.05, 0.1) is 17.3 Å². The Labute approximate surface area is 161 Å². The van der Waals surface area contributed by atoms with Crippen LogP contribution in [0.15, 0.2) is 54.7 Å². The number of hydrogen-bond acceptors (Lipinski definition) is 2. The van der Waals surface area contributed by atoms with Gasteiger partial charge in [0, 0.05) is 17.3 Å².